The Morgan fingerprint density at radius 3 is 3.00 bits per heavy atom. The number of carbonyl (C=O) groups is 1. The minimum atomic E-state index is -1.07. The third-order valence-corrected chi connectivity index (χ3v) is 8.04. The maximum absolute atomic E-state index is 14.6. The van der Waals surface area contributed by atoms with Crippen molar-refractivity contribution in [3.63, 3.8) is 0 Å². The lowest BCUT2D eigenvalue weighted by atomic mass is 9.70. The van der Waals surface area contributed by atoms with Gasteiger partial charge in [-0.2, -0.15) is 0 Å². The van der Waals surface area contributed by atoms with Crippen molar-refractivity contribution < 1.29 is 23.9 Å². The minimum Gasteiger partial charge on any atom is -0.410 e. The van der Waals surface area contributed by atoms with Gasteiger partial charge in [0.2, 0.25) is 0 Å². The summed E-state index contributed by atoms with van der Waals surface area (Å²) in [6.45, 7) is 2.92. The van der Waals surface area contributed by atoms with Crippen LogP contribution in [0.3, 0.4) is 0 Å². The predicted octanol–water partition coefficient (Wildman–Crippen LogP) is 3.77. The predicted molar refractivity (Wildman–Crippen MR) is 113 cm³/mol. The molecule has 0 aromatic carbocycles. The number of amides is 1. The number of fused-ring (bicyclic) bond motifs is 2. The molecule has 0 radical (unpaired) electrons. The van der Waals surface area contributed by atoms with E-state index in [9.17, 15) is 14.4 Å². The maximum atomic E-state index is 14.6. The van der Waals surface area contributed by atoms with E-state index in [-0.39, 0.29) is 42.2 Å². The fourth-order valence-corrected chi connectivity index (χ4v) is 6.36. The van der Waals surface area contributed by atoms with E-state index in [4.69, 9.17) is 9.47 Å². The first kappa shape index (κ1) is 20.9. The summed E-state index contributed by atoms with van der Waals surface area (Å²) in [6, 6.07) is -0.0239. The lowest BCUT2D eigenvalue weighted by Gasteiger charge is -2.47. The first-order chi connectivity index (χ1) is 15.0. The summed E-state index contributed by atoms with van der Waals surface area (Å²) in [5.41, 5.74) is 1.69. The quantitative estimate of drug-likeness (QED) is 0.420. The largest absolute Gasteiger partial charge is 0.410 e. The third-order valence-electron chi connectivity index (χ3n) is 8.04. The Labute approximate surface area is 182 Å². The summed E-state index contributed by atoms with van der Waals surface area (Å²) >= 11 is 0. The van der Waals surface area contributed by atoms with Crippen molar-refractivity contribution in [2.45, 2.75) is 63.3 Å². The Kier molecular flexibility index (Phi) is 5.51. The average molecular weight is 431 g/mol. The lowest BCUT2D eigenvalue weighted by Crippen LogP contribution is -2.54. The monoisotopic (exact) mass is 430 g/mol. The van der Waals surface area contributed by atoms with Gasteiger partial charge in [-0.1, -0.05) is 29.8 Å². The summed E-state index contributed by atoms with van der Waals surface area (Å²) in [6.07, 6.45) is 12.4. The first-order valence-electron chi connectivity index (χ1n) is 11.5. The molecule has 31 heavy (non-hydrogen) atoms. The maximum Gasteiger partial charge on any atom is 0.272 e. The van der Waals surface area contributed by atoms with Crippen molar-refractivity contribution in [1.29, 1.82) is 0 Å². The normalized spacial score (nSPS) is 41.6. The molecule has 0 aromatic rings. The molecule has 6 nitrogen and oxygen atoms in total. The standard InChI is InChI=1S/C24H31FN2O4/c1-24-16(10-18(25)11-17(24)13-30-14-31-24)12-27-20-9-5-8-19(15-6-3-2-4-7-15)21(20)22(26-29)23(27)28/h3,6-7,11,16,18-21,29H,2,4-5,8-10,12-14H2,1H3/b26-22-. The summed E-state index contributed by atoms with van der Waals surface area (Å²) in [5, 5.41) is 13.3. The van der Waals surface area contributed by atoms with Gasteiger partial charge in [-0.05, 0) is 62.2 Å². The zero-order valence-electron chi connectivity index (χ0n) is 18.0. The molecule has 3 fully saturated rings. The molecular formula is C24H31FN2O4. The molecule has 2 saturated heterocycles. The number of hydrogen-bond donors (Lipinski definition) is 1. The number of alkyl halides is 1. The van der Waals surface area contributed by atoms with Crippen molar-refractivity contribution in [3.8, 4) is 0 Å². The van der Waals surface area contributed by atoms with Gasteiger partial charge in [-0.15, -0.1) is 0 Å². The number of ether oxygens (including phenoxy) is 2. The highest BCUT2D eigenvalue weighted by Gasteiger charge is 2.54. The molecule has 3 aliphatic carbocycles. The van der Waals surface area contributed by atoms with Gasteiger partial charge in [0.15, 0.2) is 0 Å². The van der Waals surface area contributed by atoms with Crippen LogP contribution in [0.4, 0.5) is 4.39 Å². The second-order valence-electron chi connectivity index (χ2n) is 9.62. The summed E-state index contributed by atoms with van der Waals surface area (Å²) in [4.78, 5) is 15.2. The van der Waals surface area contributed by atoms with E-state index in [0.29, 0.717) is 19.6 Å². The second kappa shape index (κ2) is 8.17. The van der Waals surface area contributed by atoms with E-state index >= 15 is 0 Å². The number of likely N-dealkylation sites (tertiary alicyclic amines) is 1. The van der Waals surface area contributed by atoms with Gasteiger partial charge in [0.05, 0.1) is 12.2 Å². The van der Waals surface area contributed by atoms with Crippen LogP contribution in [0, 0.1) is 17.8 Å². The van der Waals surface area contributed by atoms with Crippen LogP contribution in [0.2, 0.25) is 0 Å². The van der Waals surface area contributed by atoms with Gasteiger partial charge >= 0.3 is 0 Å². The molecule has 1 N–H and O–H groups in total. The summed E-state index contributed by atoms with van der Waals surface area (Å²) < 4.78 is 25.9. The SMILES string of the molecule is CC12OCOCC1=CC(F)CC2CN1C(=O)/C(=N\O)C2C(C3=CCCC=C3)CCCC21. The molecule has 7 heteroatoms. The van der Waals surface area contributed by atoms with E-state index in [1.54, 1.807) is 6.08 Å². The number of nitrogens with zero attached hydrogens (tertiary/aromatic N) is 2. The Balaban J connectivity index is 1.44. The first-order valence-corrected chi connectivity index (χ1v) is 11.5. The van der Waals surface area contributed by atoms with Gasteiger partial charge in [-0.3, -0.25) is 4.79 Å². The molecule has 1 amide bonds. The summed E-state index contributed by atoms with van der Waals surface area (Å²) in [7, 11) is 0. The Hall–Kier alpha value is -1.99. The van der Waals surface area contributed by atoms with Crippen LogP contribution in [0.25, 0.3) is 0 Å². The van der Waals surface area contributed by atoms with Crippen LogP contribution >= 0.6 is 0 Å². The van der Waals surface area contributed by atoms with Crippen LogP contribution in [0.1, 0.15) is 45.4 Å². The van der Waals surface area contributed by atoms with Crippen molar-refractivity contribution in [1.82, 2.24) is 4.90 Å². The minimum absolute atomic E-state index is 0.0239. The number of hydrogen-bond acceptors (Lipinski definition) is 5. The number of oxime groups is 1. The van der Waals surface area contributed by atoms with Crippen molar-refractivity contribution >= 4 is 11.6 Å². The van der Waals surface area contributed by atoms with Crippen LogP contribution in [0.15, 0.2) is 40.6 Å². The molecule has 168 valence electrons. The van der Waals surface area contributed by atoms with Crippen LogP contribution in [-0.2, 0) is 14.3 Å². The van der Waals surface area contributed by atoms with Gasteiger partial charge in [0, 0.05) is 24.4 Å². The molecule has 5 rings (SSSR count). The average Bonchev–Trinajstić information content (AvgIpc) is 3.06. The topological polar surface area (TPSA) is 71.4 Å². The van der Waals surface area contributed by atoms with Crippen molar-refractivity contribution in [2.24, 2.45) is 22.9 Å². The van der Waals surface area contributed by atoms with Crippen molar-refractivity contribution in [3.05, 3.63) is 35.5 Å². The number of rotatable bonds is 3. The van der Waals surface area contributed by atoms with Crippen LogP contribution < -0.4 is 0 Å². The zero-order chi connectivity index (χ0) is 21.6. The van der Waals surface area contributed by atoms with E-state index in [2.05, 4.69) is 23.4 Å². The third kappa shape index (κ3) is 3.46. The molecule has 0 aromatic heterocycles. The highest BCUT2D eigenvalue weighted by Crippen LogP contribution is 2.46. The lowest BCUT2D eigenvalue weighted by molar-refractivity contribution is -0.183. The van der Waals surface area contributed by atoms with E-state index in [0.717, 1.165) is 37.7 Å². The molecule has 2 heterocycles. The molecule has 0 spiro atoms. The highest BCUT2D eigenvalue weighted by molar-refractivity contribution is 6.41. The van der Waals surface area contributed by atoms with Crippen LogP contribution in [0.5, 0.6) is 0 Å². The van der Waals surface area contributed by atoms with E-state index < -0.39 is 11.8 Å². The number of halogens is 1. The molecule has 6 atom stereocenters. The molecule has 1 saturated carbocycles. The molecule has 0 bridgehead atoms. The van der Waals surface area contributed by atoms with Gasteiger partial charge in [-0.25, -0.2) is 4.39 Å². The van der Waals surface area contributed by atoms with Crippen molar-refractivity contribution in [2.75, 3.05) is 19.9 Å². The zero-order valence-corrected chi connectivity index (χ0v) is 18.0. The number of allylic oxidation sites excluding steroid dienone is 5. The highest BCUT2D eigenvalue weighted by atomic mass is 19.1. The van der Waals surface area contributed by atoms with Gasteiger partial charge in [0.25, 0.3) is 5.91 Å². The Morgan fingerprint density at radius 1 is 1.35 bits per heavy atom. The van der Waals surface area contributed by atoms with Crippen LogP contribution in [-0.4, -0.2) is 59.5 Å². The Morgan fingerprint density at radius 2 is 2.23 bits per heavy atom. The number of carbonyl (C=O) groups excluding carboxylic acids is 1. The molecular weight excluding hydrogens is 399 g/mol. The molecule has 5 aliphatic rings. The fourth-order valence-electron chi connectivity index (χ4n) is 6.36. The van der Waals surface area contributed by atoms with E-state index in [1.807, 2.05) is 11.8 Å². The summed E-state index contributed by atoms with van der Waals surface area (Å²) in [5.74, 6) is -0.334. The molecule has 2 aliphatic heterocycles. The second-order valence-corrected chi connectivity index (χ2v) is 9.62. The Bertz CT molecular complexity index is 866. The van der Waals surface area contributed by atoms with Gasteiger partial charge in [0.1, 0.15) is 18.7 Å². The van der Waals surface area contributed by atoms with Gasteiger partial charge < -0.3 is 19.6 Å². The van der Waals surface area contributed by atoms with E-state index in [1.165, 1.54) is 5.57 Å². The fraction of sp³-hybridized carbons (Fsp3) is 0.667. The smallest absolute Gasteiger partial charge is 0.272 e. The molecule has 6 unspecified atom stereocenters.